The number of nitrogens with zero attached hydrogens (tertiary/aromatic N) is 1. The fourth-order valence-corrected chi connectivity index (χ4v) is 1.56. The highest BCUT2D eigenvalue weighted by molar-refractivity contribution is 5.80. The maximum atomic E-state index is 11.3. The molecule has 1 fully saturated rings. The minimum absolute atomic E-state index is 0.0154. The first kappa shape index (κ1) is 11.4. The minimum atomic E-state index is -1.06. The van der Waals surface area contributed by atoms with Gasteiger partial charge in [-0.15, -0.1) is 0 Å². The number of carbonyl (C=O) groups is 1. The maximum Gasteiger partial charge on any atom is 0.250 e. The summed E-state index contributed by atoms with van der Waals surface area (Å²) in [5.74, 6) is -0.345. The fourth-order valence-electron chi connectivity index (χ4n) is 1.56. The van der Waals surface area contributed by atoms with Crippen LogP contribution < -0.4 is 11.1 Å². The molecule has 0 radical (unpaired) electrons. The van der Waals surface area contributed by atoms with Crippen molar-refractivity contribution in [2.24, 2.45) is 5.73 Å². The molecule has 1 aliphatic rings. The van der Waals surface area contributed by atoms with E-state index in [1.807, 2.05) is 0 Å². The van der Waals surface area contributed by atoms with Gasteiger partial charge in [-0.3, -0.25) is 4.79 Å². The van der Waals surface area contributed by atoms with Crippen molar-refractivity contribution in [2.75, 3.05) is 26.7 Å². The Bertz CT molecular complexity index is 190. The summed E-state index contributed by atoms with van der Waals surface area (Å²) in [5.41, 5.74) is 5.18. The molecule has 5 heteroatoms. The van der Waals surface area contributed by atoms with Crippen LogP contribution in [0.1, 0.15) is 12.8 Å². The van der Waals surface area contributed by atoms with Crippen molar-refractivity contribution in [3.8, 4) is 0 Å². The standard InChI is InChI=1S/C9H19N3O2/c1-12-4-2-7(3-5-12)11-9(14)8(13)6-10/h7-8,13H,2-6,10H2,1H3,(H,11,14). The van der Waals surface area contributed by atoms with Crippen LogP contribution >= 0.6 is 0 Å². The molecule has 0 aromatic heterocycles. The molecule has 14 heavy (non-hydrogen) atoms. The van der Waals surface area contributed by atoms with Crippen LogP contribution in [0.25, 0.3) is 0 Å². The minimum Gasteiger partial charge on any atom is -0.382 e. The summed E-state index contributed by atoms with van der Waals surface area (Å²) >= 11 is 0. The summed E-state index contributed by atoms with van der Waals surface area (Å²) in [6, 6.07) is 0.194. The molecule has 1 amide bonds. The van der Waals surface area contributed by atoms with Gasteiger partial charge >= 0.3 is 0 Å². The molecule has 0 spiro atoms. The molecule has 4 N–H and O–H groups in total. The second-order valence-electron chi connectivity index (χ2n) is 3.84. The molecule has 1 saturated heterocycles. The number of nitrogens with two attached hydrogens (primary N) is 1. The number of likely N-dealkylation sites (tertiary alicyclic amines) is 1. The first-order chi connectivity index (χ1) is 6.63. The quantitative estimate of drug-likeness (QED) is 0.520. The van der Waals surface area contributed by atoms with E-state index in [2.05, 4.69) is 17.3 Å². The SMILES string of the molecule is CN1CCC(NC(=O)C(O)CN)CC1. The van der Waals surface area contributed by atoms with Crippen molar-refractivity contribution >= 4 is 5.91 Å². The van der Waals surface area contributed by atoms with Crippen LogP contribution in [-0.4, -0.2) is 54.7 Å². The van der Waals surface area contributed by atoms with Gasteiger partial charge in [0.2, 0.25) is 5.91 Å². The zero-order valence-electron chi connectivity index (χ0n) is 8.57. The van der Waals surface area contributed by atoms with Gasteiger partial charge in [0.25, 0.3) is 0 Å². The summed E-state index contributed by atoms with van der Waals surface area (Å²) in [5, 5.41) is 12.0. The summed E-state index contributed by atoms with van der Waals surface area (Å²) in [7, 11) is 2.06. The highest BCUT2D eigenvalue weighted by Crippen LogP contribution is 2.07. The maximum absolute atomic E-state index is 11.3. The number of piperidine rings is 1. The van der Waals surface area contributed by atoms with Crippen molar-refractivity contribution in [3.63, 3.8) is 0 Å². The Morgan fingerprint density at radius 2 is 2.21 bits per heavy atom. The van der Waals surface area contributed by atoms with Crippen molar-refractivity contribution < 1.29 is 9.90 Å². The molecule has 5 nitrogen and oxygen atoms in total. The lowest BCUT2D eigenvalue weighted by atomic mass is 10.1. The van der Waals surface area contributed by atoms with E-state index in [1.165, 1.54) is 0 Å². The predicted octanol–water partition coefficient (Wildman–Crippen LogP) is -1.48. The number of aliphatic hydroxyl groups excluding tert-OH is 1. The largest absolute Gasteiger partial charge is 0.382 e. The van der Waals surface area contributed by atoms with Gasteiger partial charge in [-0.05, 0) is 33.0 Å². The van der Waals surface area contributed by atoms with Gasteiger partial charge in [-0.2, -0.15) is 0 Å². The monoisotopic (exact) mass is 201 g/mol. The highest BCUT2D eigenvalue weighted by atomic mass is 16.3. The number of amides is 1. The lowest BCUT2D eigenvalue weighted by Crippen LogP contribution is -2.48. The molecular formula is C9H19N3O2. The molecule has 1 heterocycles. The molecule has 0 aromatic carbocycles. The number of rotatable bonds is 3. The molecule has 0 bridgehead atoms. The van der Waals surface area contributed by atoms with Gasteiger partial charge in [0, 0.05) is 12.6 Å². The number of hydrogen-bond acceptors (Lipinski definition) is 4. The van der Waals surface area contributed by atoms with Crippen molar-refractivity contribution in [1.82, 2.24) is 10.2 Å². The van der Waals surface area contributed by atoms with Crippen molar-refractivity contribution in [1.29, 1.82) is 0 Å². The van der Waals surface area contributed by atoms with E-state index >= 15 is 0 Å². The van der Waals surface area contributed by atoms with Crippen LogP contribution in [0.3, 0.4) is 0 Å². The third-order valence-electron chi connectivity index (χ3n) is 2.59. The Labute approximate surface area is 84.3 Å². The number of hydrogen-bond donors (Lipinski definition) is 3. The van der Waals surface area contributed by atoms with Gasteiger partial charge in [0.05, 0.1) is 0 Å². The molecule has 1 aliphatic heterocycles. The van der Waals surface area contributed by atoms with E-state index < -0.39 is 6.10 Å². The lowest BCUT2D eigenvalue weighted by Gasteiger charge is -2.29. The first-order valence-corrected chi connectivity index (χ1v) is 5.00. The van der Waals surface area contributed by atoms with Gasteiger partial charge in [0.1, 0.15) is 6.10 Å². The third-order valence-corrected chi connectivity index (χ3v) is 2.59. The second-order valence-corrected chi connectivity index (χ2v) is 3.84. The first-order valence-electron chi connectivity index (χ1n) is 5.00. The zero-order valence-corrected chi connectivity index (χ0v) is 8.57. The van der Waals surface area contributed by atoms with Gasteiger partial charge in [-0.25, -0.2) is 0 Å². The van der Waals surface area contributed by atoms with E-state index in [9.17, 15) is 4.79 Å². The Hall–Kier alpha value is -0.650. The van der Waals surface area contributed by atoms with Crippen molar-refractivity contribution in [3.05, 3.63) is 0 Å². The molecule has 1 unspecified atom stereocenters. The van der Waals surface area contributed by atoms with Crippen LogP contribution in [0.2, 0.25) is 0 Å². The summed E-state index contributed by atoms with van der Waals surface area (Å²) in [6.45, 7) is 1.96. The van der Waals surface area contributed by atoms with Crippen LogP contribution in [-0.2, 0) is 4.79 Å². The topological polar surface area (TPSA) is 78.6 Å². The number of carbonyl (C=O) groups excluding carboxylic acids is 1. The summed E-state index contributed by atoms with van der Waals surface area (Å²) < 4.78 is 0. The smallest absolute Gasteiger partial charge is 0.250 e. The average molecular weight is 201 g/mol. The summed E-state index contributed by atoms with van der Waals surface area (Å²) in [4.78, 5) is 13.5. The van der Waals surface area contributed by atoms with Crippen LogP contribution in [0.15, 0.2) is 0 Å². The predicted molar refractivity (Wildman–Crippen MR) is 53.7 cm³/mol. The number of aliphatic hydroxyl groups is 1. The molecule has 0 aliphatic carbocycles. The van der Waals surface area contributed by atoms with E-state index in [1.54, 1.807) is 0 Å². The van der Waals surface area contributed by atoms with E-state index in [-0.39, 0.29) is 18.5 Å². The van der Waals surface area contributed by atoms with Gasteiger partial charge in [-0.1, -0.05) is 0 Å². The van der Waals surface area contributed by atoms with E-state index in [0.717, 1.165) is 25.9 Å². The Kier molecular flexibility index (Phi) is 4.31. The van der Waals surface area contributed by atoms with Crippen molar-refractivity contribution in [2.45, 2.75) is 25.0 Å². The van der Waals surface area contributed by atoms with Crippen LogP contribution in [0.4, 0.5) is 0 Å². The fraction of sp³-hybridized carbons (Fsp3) is 0.889. The molecule has 1 rings (SSSR count). The molecule has 1 atom stereocenters. The molecular weight excluding hydrogens is 182 g/mol. The second kappa shape index (κ2) is 5.29. The van der Waals surface area contributed by atoms with Crippen LogP contribution in [0, 0.1) is 0 Å². The molecule has 82 valence electrons. The third kappa shape index (κ3) is 3.25. The van der Waals surface area contributed by atoms with E-state index in [4.69, 9.17) is 10.8 Å². The Morgan fingerprint density at radius 3 is 2.71 bits per heavy atom. The van der Waals surface area contributed by atoms with Gasteiger partial charge in [0.15, 0.2) is 0 Å². The normalized spacial score (nSPS) is 21.9. The van der Waals surface area contributed by atoms with E-state index in [0.29, 0.717) is 0 Å². The molecule has 0 saturated carbocycles. The number of nitrogens with one attached hydrogen (secondary N) is 1. The highest BCUT2D eigenvalue weighted by Gasteiger charge is 2.21. The lowest BCUT2D eigenvalue weighted by molar-refractivity contribution is -0.129. The Morgan fingerprint density at radius 1 is 1.64 bits per heavy atom. The average Bonchev–Trinajstić information content (AvgIpc) is 2.20. The van der Waals surface area contributed by atoms with Crippen LogP contribution in [0.5, 0.6) is 0 Å². The Balaban J connectivity index is 2.27. The molecule has 0 aromatic rings. The van der Waals surface area contributed by atoms with Gasteiger partial charge < -0.3 is 21.1 Å². The summed E-state index contributed by atoms with van der Waals surface area (Å²) in [6.07, 6.45) is 0.827. The zero-order chi connectivity index (χ0) is 10.6.